The Balaban J connectivity index is 2.01. The Kier molecular flexibility index (Phi) is 3.59. The minimum absolute atomic E-state index is 0.0539. The zero-order valence-electron chi connectivity index (χ0n) is 13.1. The summed E-state index contributed by atoms with van der Waals surface area (Å²) in [5.74, 6) is 0.367. The number of nitriles is 1. The van der Waals surface area contributed by atoms with Gasteiger partial charge in [-0.15, -0.1) is 0 Å². The molecule has 1 fully saturated rings. The molecule has 0 amide bonds. The fraction of sp³-hybridized carbons (Fsp3) is 0.250. The van der Waals surface area contributed by atoms with E-state index in [4.69, 9.17) is 4.74 Å². The molecule has 1 N–H and O–H groups in total. The molecular weight excluding hydrogens is 305 g/mol. The number of ether oxygens (including phenoxy) is 1. The average molecular weight is 321 g/mol. The van der Waals surface area contributed by atoms with E-state index >= 15 is 0 Å². The van der Waals surface area contributed by atoms with Crippen LogP contribution in [0.15, 0.2) is 42.0 Å². The van der Waals surface area contributed by atoms with Crippen LogP contribution in [0.2, 0.25) is 0 Å². The molecule has 0 unspecified atom stereocenters. The van der Waals surface area contributed by atoms with E-state index in [-0.39, 0.29) is 24.9 Å². The number of halogens is 1. The highest BCUT2D eigenvalue weighted by molar-refractivity contribution is 5.89. The Morgan fingerprint density at radius 3 is 2.71 bits per heavy atom. The molecule has 0 radical (unpaired) electrons. The summed E-state index contributed by atoms with van der Waals surface area (Å²) in [6.45, 7) is 0.230. The van der Waals surface area contributed by atoms with E-state index in [1.54, 1.807) is 6.07 Å². The summed E-state index contributed by atoms with van der Waals surface area (Å²) in [4.78, 5) is 0. The molecule has 0 aromatic heterocycles. The molecule has 2 aliphatic rings. The first-order valence-corrected chi connectivity index (χ1v) is 8.01. The highest BCUT2D eigenvalue weighted by atomic mass is 19.1. The average Bonchev–Trinajstić information content (AvgIpc) is 3.43. The van der Waals surface area contributed by atoms with Crippen molar-refractivity contribution in [3.05, 3.63) is 70.0 Å². The van der Waals surface area contributed by atoms with E-state index in [0.717, 1.165) is 46.2 Å². The third-order valence-electron chi connectivity index (χ3n) is 4.59. The number of rotatable bonds is 2. The van der Waals surface area contributed by atoms with Crippen LogP contribution < -0.4 is 4.74 Å². The molecule has 1 saturated carbocycles. The van der Waals surface area contributed by atoms with Crippen molar-refractivity contribution in [1.29, 1.82) is 5.26 Å². The lowest BCUT2D eigenvalue weighted by atomic mass is 9.88. The third kappa shape index (κ3) is 2.47. The molecule has 1 heterocycles. The first kappa shape index (κ1) is 14.9. The minimum atomic E-state index is -0.361. The van der Waals surface area contributed by atoms with E-state index in [9.17, 15) is 14.8 Å². The quantitative estimate of drug-likeness (QED) is 0.852. The monoisotopic (exact) mass is 321 g/mol. The lowest BCUT2D eigenvalue weighted by Gasteiger charge is -2.13. The van der Waals surface area contributed by atoms with Gasteiger partial charge in [-0.3, -0.25) is 0 Å². The second kappa shape index (κ2) is 5.77. The van der Waals surface area contributed by atoms with Crippen LogP contribution in [0, 0.1) is 23.1 Å². The summed E-state index contributed by atoms with van der Waals surface area (Å²) in [6.07, 6.45) is 2.02. The Bertz CT molecular complexity index is 891. The lowest BCUT2D eigenvalue weighted by molar-refractivity contribution is 0.280. The Morgan fingerprint density at radius 1 is 1.21 bits per heavy atom. The molecule has 2 aromatic rings. The SMILES string of the molecule is N#CC(=C1c2ccc(CO)cc2COc2cc(F)ccc21)C1CC1. The molecule has 1 aliphatic heterocycles. The molecule has 1 aliphatic carbocycles. The molecule has 4 rings (SSSR count). The minimum Gasteiger partial charge on any atom is -0.488 e. The smallest absolute Gasteiger partial charge is 0.130 e. The first-order valence-electron chi connectivity index (χ1n) is 8.01. The largest absolute Gasteiger partial charge is 0.488 e. The van der Waals surface area contributed by atoms with Crippen molar-refractivity contribution >= 4 is 5.57 Å². The number of fused-ring (bicyclic) bond motifs is 2. The second-order valence-corrected chi connectivity index (χ2v) is 6.25. The molecule has 3 nitrogen and oxygen atoms in total. The number of hydrogen-bond acceptors (Lipinski definition) is 3. The van der Waals surface area contributed by atoms with Crippen molar-refractivity contribution in [2.75, 3.05) is 0 Å². The Hall–Kier alpha value is -2.64. The molecule has 120 valence electrons. The standard InChI is InChI=1S/C20H16FNO2/c21-15-4-6-17-19(8-15)24-11-14-7-12(10-23)1-5-16(14)20(17)18(9-22)13-2-3-13/h1,4-8,13,23H,2-3,10-11H2. The summed E-state index contributed by atoms with van der Waals surface area (Å²) in [6, 6.07) is 12.5. The van der Waals surface area contributed by atoms with E-state index < -0.39 is 0 Å². The normalized spacial score (nSPS) is 17.9. The maximum Gasteiger partial charge on any atom is 0.130 e. The molecule has 0 spiro atoms. The number of aliphatic hydroxyl groups is 1. The third-order valence-corrected chi connectivity index (χ3v) is 4.59. The van der Waals surface area contributed by atoms with Crippen molar-refractivity contribution in [3.8, 4) is 11.8 Å². The van der Waals surface area contributed by atoms with Gasteiger partial charge in [-0.05, 0) is 53.6 Å². The number of aliphatic hydroxyl groups excluding tert-OH is 1. The van der Waals surface area contributed by atoms with E-state index in [2.05, 4.69) is 6.07 Å². The molecular formula is C20H16FNO2. The topological polar surface area (TPSA) is 53.2 Å². The fourth-order valence-electron chi connectivity index (χ4n) is 3.24. The summed E-state index contributed by atoms with van der Waals surface area (Å²) in [5, 5.41) is 19.1. The van der Waals surface area contributed by atoms with Gasteiger partial charge in [0.05, 0.1) is 12.7 Å². The molecule has 4 heteroatoms. The zero-order chi connectivity index (χ0) is 16.7. The predicted octanol–water partition coefficient (Wildman–Crippen LogP) is 3.95. The number of allylic oxidation sites excluding steroid dienone is 1. The number of hydrogen-bond donors (Lipinski definition) is 1. The van der Waals surface area contributed by atoms with Crippen LogP contribution in [0.1, 0.15) is 35.1 Å². The molecule has 0 atom stereocenters. The molecule has 24 heavy (non-hydrogen) atoms. The summed E-state index contributed by atoms with van der Waals surface area (Å²) in [7, 11) is 0. The van der Waals surface area contributed by atoms with Gasteiger partial charge < -0.3 is 9.84 Å². The van der Waals surface area contributed by atoms with Crippen molar-refractivity contribution < 1.29 is 14.2 Å². The Morgan fingerprint density at radius 2 is 2.00 bits per heavy atom. The van der Waals surface area contributed by atoms with Crippen molar-refractivity contribution in [2.45, 2.75) is 26.1 Å². The van der Waals surface area contributed by atoms with E-state index in [0.29, 0.717) is 5.75 Å². The molecule has 2 aromatic carbocycles. The molecule has 0 bridgehead atoms. The zero-order valence-corrected chi connectivity index (χ0v) is 13.1. The van der Waals surface area contributed by atoms with E-state index in [1.165, 1.54) is 12.1 Å². The van der Waals surface area contributed by atoms with Gasteiger partial charge in [-0.1, -0.05) is 12.1 Å². The highest BCUT2D eigenvalue weighted by Gasteiger charge is 2.32. The van der Waals surface area contributed by atoms with Crippen LogP contribution in [0.4, 0.5) is 4.39 Å². The van der Waals surface area contributed by atoms with Gasteiger partial charge in [-0.2, -0.15) is 5.26 Å². The van der Waals surface area contributed by atoms with Crippen LogP contribution in [-0.2, 0) is 13.2 Å². The fourth-order valence-corrected chi connectivity index (χ4v) is 3.24. The number of benzene rings is 2. The summed E-state index contributed by atoms with van der Waals surface area (Å²) >= 11 is 0. The van der Waals surface area contributed by atoms with Gasteiger partial charge in [0.1, 0.15) is 18.2 Å². The van der Waals surface area contributed by atoms with Gasteiger partial charge in [0.15, 0.2) is 0 Å². The van der Waals surface area contributed by atoms with Crippen LogP contribution >= 0.6 is 0 Å². The maximum absolute atomic E-state index is 13.7. The van der Waals surface area contributed by atoms with E-state index in [1.807, 2.05) is 18.2 Å². The highest BCUT2D eigenvalue weighted by Crippen LogP contribution is 2.46. The first-order chi connectivity index (χ1) is 11.7. The van der Waals surface area contributed by atoms with Gasteiger partial charge in [-0.25, -0.2) is 4.39 Å². The maximum atomic E-state index is 13.7. The second-order valence-electron chi connectivity index (χ2n) is 6.25. The van der Waals surface area contributed by atoms with Gasteiger partial charge in [0.25, 0.3) is 0 Å². The van der Waals surface area contributed by atoms with Crippen LogP contribution in [0.3, 0.4) is 0 Å². The van der Waals surface area contributed by atoms with Crippen LogP contribution in [0.25, 0.3) is 5.57 Å². The van der Waals surface area contributed by atoms with Gasteiger partial charge in [0, 0.05) is 22.8 Å². The molecule has 0 saturated heterocycles. The van der Waals surface area contributed by atoms with Crippen LogP contribution in [-0.4, -0.2) is 5.11 Å². The van der Waals surface area contributed by atoms with Crippen molar-refractivity contribution in [1.82, 2.24) is 0 Å². The summed E-state index contributed by atoms with van der Waals surface area (Å²) < 4.78 is 19.5. The van der Waals surface area contributed by atoms with Crippen molar-refractivity contribution in [2.24, 2.45) is 5.92 Å². The summed E-state index contributed by atoms with van der Waals surface area (Å²) in [5.41, 5.74) is 4.97. The van der Waals surface area contributed by atoms with Crippen molar-refractivity contribution in [3.63, 3.8) is 0 Å². The van der Waals surface area contributed by atoms with Gasteiger partial charge in [0.2, 0.25) is 0 Å². The van der Waals surface area contributed by atoms with Crippen LogP contribution in [0.5, 0.6) is 5.75 Å². The Labute approximate surface area is 139 Å². The lowest BCUT2D eigenvalue weighted by Crippen LogP contribution is -1.99. The van der Waals surface area contributed by atoms with Gasteiger partial charge >= 0.3 is 0 Å². The number of nitrogens with zero attached hydrogens (tertiary/aromatic N) is 1. The predicted molar refractivity (Wildman–Crippen MR) is 87.5 cm³/mol.